The van der Waals surface area contributed by atoms with Gasteiger partial charge < -0.3 is 19.5 Å². The lowest BCUT2D eigenvalue weighted by atomic mass is 10.1. The molecule has 0 aromatic heterocycles. The molecule has 134 valence electrons. The summed E-state index contributed by atoms with van der Waals surface area (Å²) in [5, 5.41) is 2.83. The van der Waals surface area contributed by atoms with Gasteiger partial charge in [0.1, 0.15) is 5.75 Å². The van der Waals surface area contributed by atoms with Crippen molar-refractivity contribution in [3.63, 3.8) is 0 Å². The number of hydrogen-bond acceptors (Lipinski definition) is 4. The monoisotopic (exact) mass is 407 g/mol. The maximum atomic E-state index is 12.4. The molecule has 1 amide bonds. The molecule has 0 aliphatic carbocycles. The smallest absolute Gasteiger partial charge is 0.265 e. The maximum Gasteiger partial charge on any atom is 0.265 e. The average Bonchev–Trinajstić information content (AvgIpc) is 2.57. The fourth-order valence-corrected chi connectivity index (χ4v) is 3.16. The molecule has 1 N–H and O–H groups in total. The van der Waals surface area contributed by atoms with E-state index in [0.29, 0.717) is 17.2 Å². The zero-order valence-corrected chi connectivity index (χ0v) is 16.6. The van der Waals surface area contributed by atoms with Crippen molar-refractivity contribution in [3.8, 4) is 17.2 Å². The number of benzene rings is 2. The van der Waals surface area contributed by atoms with Crippen LogP contribution in [0.1, 0.15) is 18.1 Å². The van der Waals surface area contributed by atoms with Crippen LogP contribution in [0, 0.1) is 13.8 Å². The molecule has 2 rings (SSSR count). The van der Waals surface area contributed by atoms with Crippen molar-refractivity contribution in [2.24, 2.45) is 0 Å². The molecule has 6 heteroatoms. The van der Waals surface area contributed by atoms with Crippen molar-refractivity contribution in [2.75, 3.05) is 19.5 Å². The van der Waals surface area contributed by atoms with Gasteiger partial charge in [-0.3, -0.25) is 4.79 Å². The van der Waals surface area contributed by atoms with Gasteiger partial charge in [0, 0.05) is 16.2 Å². The summed E-state index contributed by atoms with van der Waals surface area (Å²) in [6, 6.07) is 9.12. The van der Waals surface area contributed by atoms with Gasteiger partial charge in [0.2, 0.25) is 0 Å². The molecule has 2 aromatic carbocycles. The van der Waals surface area contributed by atoms with Crippen LogP contribution >= 0.6 is 15.9 Å². The Bertz CT molecular complexity index is 753. The summed E-state index contributed by atoms with van der Waals surface area (Å²) in [6.45, 7) is 5.62. The lowest BCUT2D eigenvalue weighted by Crippen LogP contribution is -2.30. The Hall–Kier alpha value is -2.21. The molecule has 0 spiro atoms. The van der Waals surface area contributed by atoms with Crippen LogP contribution in [0.25, 0.3) is 0 Å². The molecular formula is C19H22BrNO4. The van der Waals surface area contributed by atoms with Crippen LogP contribution in [0.5, 0.6) is 17.2 Å². The largest absolute Gasteiger partial charge is 0.493 e. The Balaban J connectivity index is 2.11. The highest BCUT2D eigenvalue weighted by molar-refractivity contribution is 9.10. The van der Waals surface area contributed by atoms with E-state index < -0.39 is 6.10 Å². The molecule has 0 fully saturated rings. The van der Waals surface area contributed by atoms with Crippen LogP contribution < -0.4 is 19.5 Å². The first-order valence-electron chi connectivity index (χ1n) is 7.82. The molecule has 0 bridgehead atoms. The highest BCUT2D eigenvalue weighted by atomic mass is 79.9. The number of methoxy groups -OCH3 is 2. The summed E-state index contributed by atoms with van der Waals surface area (Å²) in [4.78, 5) is 12.4. The van der Waals surface area contributed by atoms with Gasteiger partial charge in [-0.15, -0.1) is 0 Å². The van der Waals surface area contributed by atoms with Gasteiger partial charge in [-0.1, -0.05) is 15.9 Å². The van der Waals surface area contributed by atoms with Gasteiger partial charge in [0.05, 0.1) is 14.2 Å². The van der Waals surface area contributed by atoms with E-state index in [2.05, 4.69) is 21.2 Å². The predicted molar refractivity (Wildman–Crippen MR) is 102 cm³/mol. The predicted octanol–water partition coefficient (Wildman–Crippen LogP) is 4.49. The number of halogens is 1. The molecule has 0 radical (unpaired) electrons. The third-order valence-electron chi connectivity index (χ3n) is 3.74. The van der Waals surface area contributed by atoms with E-state index in [4.69, 9.17) is 14.2 Å². The quantitative estimate of drug-likeness (QED) is 0.766. The fraction of sp³-hybridized carbons (Fsp3) is 0.316. The number of amides is 1. The number of carbonyl (C=O) groups excluding carboxylic acids is 1. The molecular weight excluding hydrogens is 386 g/mol. The van der Waals surface area contributed by atoms with Gasteiger partial charge >= 0.3 is 0 Å². The third-order valence-corrected chi connectivity index (χ3v) is 4.20. The van der Waals surface area contributed by atoms with Crippen LogP contribution in [0.2, 0.25) is 0 Å². The van der Waals surface area contributed by atoms with E-state index in [1.54, 1.807) is 39.3 Å². The van der Waals surface area contributed by atoms with Crippen molar-refractivity contribution >= 4 is 27.5 Å². The second-order valence-electron chi connectivity index (χ2n) is 5.69. The van der Waals surface area contributed by atoms with Crippen LogP contribution in [0.15, 0.2) is 34.8 Å². The highest BCUT2D eigenvalue weighted by Gasteiger charge is 2.18. The SMILES string of the molecule is COc1ccc(NC(=O)C(C)Oc2c(C)cc(Br)cc2C)cc1OC. The Labute approximate surface area is 156 Å². The number of ether oxygens (including phenoxy) is 3. The Morgan fingerprint density at radius 2 is 1.64 bits per heavy atom. The van der Waals surface area contributed by atoms with Crippen LogP contribution in [-0.2, 0) is 4.79 Å². The molecule has 1 atom stereocenters. The lowest BCUT2D eigenvalue weighted by Gasteiger charge is -2.19. The molecule has 5 nitrogen and oxygen atoms in total. The van der Waals surface area contributed by atoms with E-state index >= 15 is 0 Å². The summed E-state index contributed by atoms with van der Waals surface area (Å²) in [5.41, 5.74) is 2.55. The number of anilines is 1. The minimum atomic E-state index is -0.647. The van der Waals surface area contributed by atoms with Crippen LogP contribution in [0.3, 0.4) is 0 Å². The average molecular weight is 408 g/mol. The van der Waals surface area contributed by atoms with Crippen molar-refractivity contribution in [3.05, 3.63) is 45.9 Å². The van der Waals surface area contributed by atoms with E-state index in [0.717, 1.165) is 21.3 Å². The second-order valence-corrected chi connectivity index (χ2v) is 6.60. The van der Waals surface area contributed by atoms with Crippen LogP contribution in [-0.4, -0.2) is 26.2 Å². The second kappa shape index (κ2) is 8.25. The fourth-order valence-electron chi connectivity index (χ4n) is 2.47. The Kier molecular flexibility index (Phi) is 6.31. The van der Waals surface area contributed by atoms with Crippen molar-refractivity contribution < 1.29 is 19.0 Å². The van der Waals surface area contributed by atoms with Gasteiger partial charge in [-0.05, 0) is 56.2 Å². The van der Waals surface area contributed by atoms with Crippen LogP contribution in [0.4, 0.5) is 5.69 Å². The molecule has 1 unspecified atom stereocenters. The summed E-state index contributed by atoms with van der Waals surface area (Å²) in [7, 11) is 3.11. The summed E-state index contributed by atoms with van der Waals surface area (Å²) < 4.78 is 17.3. The first kappa shape index (κ1) is 19.1. The molecule has 25 heavy (non-hydrogen) atoms. The van der Waals surface area contributed by atoms with E-state index in [9.17, 15) is 4.79 Å². The third kappa shape index (κ3) is 4.66. The van der Waals surface area contributed by atoms with Crippen molar-refractivity contribution in [1.82, 2.24) is 0 Å². The first-order valence-corrected chi connectivity index (χ1v) is 8.61. The molecule has 0 aliphatic rings. The first-order chi connectivity index (χ1) is 11.8. The Morgan fingerprint density at radius 3 is 2.20 bits per heavy atom. The number of aryl methyl sites for hydroxylation is 2. The molecule has 0 heterocycles. The summed E-state index contributed by atoms with van der Waals surface area (Å²) in [5.74, 6) is 1.63. The number of carbonyl (C=O) groups is 1. The maximum absolute atomic E-state index is 12.4. The highest BCUT2D eigenvalue weighted by Crippen LogP contribution is 2.30. The van der Waals surface area contributed by atoms with E-state index in [1.807, 2.05) is 26.0 Å². The summed E-state index contributed by atoms with van der Waals surface area (Å²) in [6.07, 6.45) is -0.647. The molecule has 0 saturated carbocycles. The zero-order valence-electron chi connectivity index (χ0n) is 15.0. The van der Waals surface area contributed by atoms with Crippen molar-refractivity contribution in [2.45, 2.75) is 26.9 Å². The topological polar surface area (TPSA) is 56.8 Å². The number of hydrogen-bond donors (Lipinski definition) is 1. The van der Waals surface area contributed by atoms with Gasteiger partial charge in [-0.25, -0.2) is 0 Å². The van der Waals surface area contributed by atoms with E-state index in [-0.39, 0.29) is 5.91 Å². The standard InChI is InChI=1S/C19H22BrNO4/c1-11-8-14(20)9-12(2)18(11)25-13(3)19(22)21-15-6-7-16(23-4)17(10-15)24-5/h6-10,13H,1-5H3,(H,21,22). The summed E-state index contributed by atoms with van der Waals surface area (Å²) >= 11 is 3.45. The normalized spacial score (nSPS) is 11.6. The number of nitrogens with one attached hydrogen (secondary N) is 1. The lowest BCUT2D eigenvalue weighted by molar-refractivity contribution is -0.122. The molecule has 0 saturated heterocycles. The van der Waals surface area contributed by atoms with Gasteiger partial charge in [-0.2, -0.15) is 0 Å². The van der Waals surface area contributed by atoms with Crippen molar-refractivity contribution in [1.29, 1.82) is 0 Å². The number of rotatable bonds is 6. The zero-order chi connectivity index (χ0) is 18.6. The Morgan fingerprint density at radius 1 is 1.04 bits per heavy atom. The van der Waals surface area contributed by atoms with Gasteiger partial charge in [0.25, 0.3) is 5.91 Å². The minimum absolute atomic E-state index is 0.242. The van der Waals surface area contributed by atoms with Gasteiger partial charge in [0.15, 0.2) is 17.6 Å². The molecule has 2 aromatic rings. The molecule has 0 aliphatic heterocycles. The van der Waals surface area contributed by atoms with E-state index in [1.165, 1.54) is 0 Å². The minimum Gasteiger partial charge on any atom is -0.493 e.